The summed E-state index contributed by atoms with van der Waals surface area (Å²) < 4.78 is 0. The van der Waals surface area contributed by atoms with Crippen LogP contribution in [0.3, 0.4) is 0 Å². The van der Waals surface area contributed by atoms with Crippen molar-refractivity contribution in [3.8, 4) is 0 Å². The van der Waals surface area contributed by atoms with Crippen LogP contribution in [0, 0.1) is 5.92 Å². The Kier molecular flexibility index (Phi) is 3.28. The van der Waals surface area contributed by atoms with E-state index in [1.54, 1.807) is 6.08 Å². The van der Waals surface area contributed by atoms with E-state index in [9.17, 15) is 9.59 Å². The van der Waals surface area contributed by atoms with Gasteiger partial charge in [-0.25, -0.2) is 4.79 Å². The minimum Gasteiger partial charge on any atom is -0.326 e. The molecule has 0 spiro atoms. The van der Waals surface area contributed by atoms with Crippen molar-refractivity contribution in [1.82, 2.24) is 10.2 Å². The fraction of sp³-hybridized carbons (Fsp3) is 0.600. The Balaban J connectivity index is 2.73. The first-order valence-corrected chi connectivity index (χ1v) is 4.84. The van der Waals surface area contributed by atoms with Crippen LogP contribution in [0.25, 0.3) is 0 Å². The van der Waals surface area contributed by atoms with Gasteiger partial charge < -0.3 is 5.32 Å². The lowest BCUT2D eigenvalue weighted by Gasteiger charge is -2.15. The Bertz CT molecular complexity index is 263. The van der Waals surface area contributed by atoms with E-state index in [4.69, 9.17) is 0 Å². The molecule has 1 aliphatic rings. The number of hydrogen-bond acceptors (Lipinski definition) is 2. The van der Waals surface area contributed by atoms with Crippen LogP contribution >= 0.6 is 0 Å². The monoisotopic (exact) mass is 196 g/mol. The SMILES string of the molecule is C=CCN1C(=O)NC(C(C)CC)C1=O. The van der Waals surface area contributed by atoms with E-state index in [-0.39, 0.29) is 30.4 Å². The number of urea groups is 1. The molecule has 1 saturated heterocycles. The maximum absolute atomic E-state index is 11.7. The van der Waals surface area contributed by atoms with E-state index in [1.807, 2.05) is 13.8 Å². The van der Waals surface area contributed by atoms with Crippen LogP contribution in [0.1, 0.15) is 20.3 Å². The zero-order valence-corrected chi connectivity index (χ0v) is 8.62. The second kappa shape index (κ2) is 4.26. The molecule has 2 unspecified atom stereocenters. The van der Waals surface area contributed by atoms with Crippen molar-refractivity contribution in [2.45, 2.75) is 26.3 Å². The molecule has 0 aromatic heterocycles. The first-order valence-electron chi connectivity index (χ1n) is 4.84. The van der Waals surface area contributed by atoms with Crippen molar-refractivity contribution in [3.63, 3.8) is 0 Å². The third-order valence-corrected chi connectivity index (χ3v) is 2.58. The highest BCUT2D eigenvalue weighted by Gasteiger charge is 2.39. The molecule has 1 aliphatic heterocycles. The van der Waals surface area contributed by atoms with Crippen LogP contribution in [0.15, 0.2) is 12.7 Å². The largest absolute Gasteiger partial charge is 0.326 e. The predicted molar refractivity (Wildman–Crippen MR) is 53.7 cm³/mol. The Morgan fingerprint density at radius 2 is 2.29 bits per heavy atom. The second-order valence-electron chi connectivity index (χ2n) is 3.55. The molecule has 1 N–H and O–H groups in total. The molecule has 2 atom stereocenters. The molecule has 1 fully saturated rings. The van der Waals surface area contributed by atoms with Crippen molar-refractivity contribution >= 4 is 11.9 Å². The number of amides is 3. The van der Waals surface area contributed by atoms with Gasteiger partial charge in [-0.05, 0) is 5.92 Å². The zero-order chi connectivity index (χ0) is 10.7. The van der Waals surface area contributed by atoms with Gasteiger partial charge in [-0.1, -0.05) is 26.3 Å². The summed E-state index contributed by atoms with van der Waals surface area (Å²) in [6, 6.07) is -0.660. The molecular formula is C10H16N2O2. The minimum absolute atomic E-state index is 0.135. The number of carbonyl (C=O) groups is 2. The Labute approximate surface area is 84.0 Å². The molecule has 3 amide bonds. The van der Waals surface area contributed by atoms with E-state index >= 15 is 0 Å². The second-order valence-corrected chi connectivity index (χ2v) is 3.55. The molecule has 1 heterocycles. The maximum atomic E-state index is 11.7. The molecule has 14 heavy (non-hydrogen) atoms. The number of hydrogen-bond donors (Lipinski definition) is 1. The Morgan fingerprint density at radius 1 is 1.64 bits per heavy atom. The van der Waals surface area contributed by atoms with Gasteiger partial charge in [0, 0.05) is 6.54 Å². The Hall–Kier alpha value is -1.32. The predicted octanol–water partition coefficient (Wildman–Crippen LogP) is 1.14. The van der Waals surface area contributed by atoms with Gasteiger partial charge in [-0.15, -0.1) is 6.58 Å². The number of imide groups is 1. The van der Waals surface area contributed by atoms with Gasteiger partial charge in [0.25, 0.3) is 5.91 Å². The molecule has 4 nitrogen and oxygen atoms in total. The fourth-order valence-electron chi connectivity index (χ4n) is 1.46. The summed E-state index contributed by atoms with van der Waals surface area (Å²) in [6.07, 6.45) is 2.43. The first kappa shape index (κ1) is 10.8. The van der Waals surface area contributed by atoms with Gasteiger partial charge in [0.2, 0.25) is 0 Å². The molecule has 0 bridgehead atoms. The zero-order valence-electron chi connectivity index (χ0n) is 8.62. The van der Waals surface area contributed by atoms with E-state index in [2.05, 4.69) is 11.9 Å². The molecular weight excluding hydrogens is 180 g/mol. The standard InChI is InChI=1S/C10H16N2O2/c1-4-6-12-9(13)8(7(3)5-2)11-10(12)14/h4,7-8H,1,5-6H2,2-3H3,(H,11,14). The topological polar surface area (TPSA) is 49.4 Å². The first-order chi connectivity index (χ1) is 6.61. The molecule has 0 saturated carbocycles. The molecule has 78 valence electrons. The van der Waals surface area contributed by atoms with Crippen LogP contribution in [0.2, 0.25) is 0 Å². The number of rotatable bonds is 4. The molecule has 0 aliphatic carbocycles. The summed E-state index contributed by atoms with van der Waals surface area (Å²) in [5, 5.41) is 2.68. The molecule has 1 rings (SSSR count). The van der Waals surface area contributed by atoms with Crippen molar-refractivity contribution in [2.24, 2.45) is 5.92 Å². The third kappa shape index (κ3) is 1.78. The van der Waals surface area contributed by atoms with Crippen LogP contribution < -0.4 is 5.32 Å². The van der Waals surface area contributed by atoms with Gasteiger partial charge in [0.1, 0.15) is 6.04 Å². The molecule has 0 radical (unpaired) electrons. The maximum Gasteiger partial charge on any atom is 0.325 e. The molecule has 0 aromatic carbocycles. The third-order valence-electron chi connectivity index (χ3n) is 2.58. The highest BCUT2D eigenvalue weighted by atomic mass is 16.2. The van der Waals surface area contributed by atoms with E-state index in [1.165, 1.54) is 4.90 Å². The van der Waals surface area contributed by atoms with Crippen LogP contribution in [0.4, 0.5) is 4.79 Å². The van der Waals surface area contributed by atoms with Crippen LogP contribution in [-0.4, -0.2) is 29.4 Å². The lowest BCUT2D eigenvalue weighted by Crippen LogP contribution is -2.35. The summed E-state index contributed by atoms with van der Waals surface area (Å²) >= 11 is 0. The van der Waals surface area contributed by atoms with Gasteiger partial charge in [0.05, 0.1) is 0 Å². The smallest absolute Gasteiger partial charge is 0.325 e. The number of nitrogens with zero attached hydrogens (tertiary/aromatic N) is 1. The molecule has 0 aromatic rings. The summed E-state index contributed by atoms with van der Waals surface area (Å²) in [4.78, 5) is 24.3. The van der Waals surface area contributed by atoms with E-state index < -0.39 is 0 Å². The average Bonchev–Trinajstić information content (AvgIpc) is 2.45. The van der Waals surface area contributed by atoms with Crippen LogP contribution in [-0.2, 0) is 4.79 Å². The van der Waals surface area contributed by atoms with E-state index in [0.717, 1.165) is 6.42 Å². The summed E-state index contributed by atoms with van der Waals surface area (Å²) in [5.41, 5.74) is 0. The van der Waals surface area contributed by atoms with Gasteiger partial charge >= 0.3 is 6.03 Å². The van der Waals surface area contributed by atoms with Crippen molar-refractivity contribution < 1.29 is 9.59 Å². The van der Waals surface area contributed by atoms with Crippen LogP contribution in [0.5, 0.6) is 0 Å². The minimum atomic E-state index is -0.354. The highest BCUT2D eigenvalue weighted by Crippen LogP contribution is 2.16. The van der Waals surface area contributed by atoms with Gasteiger partial charge in [-0.3, -0.25) is 9.69 Å². The summed E-state index contributed by atoms with van der Waals surface area (Å²) in [5.74, 6) is 0.0468. The van der Waals surface area contributed by atoms with Crippen molar-refractivity contribution in [2.75, 3.05) is 6.54 Å². The number of nitrogens with one attached hydrogen (secondary N) is 1. The summed E-state index contributed by atoms with van der Waals surface area (Å²) in [6.45, 7) is 7.76. The Morgan fingerprint density at radius 3 is 2.79 bits per heavy atom. The number of carbonyl (C=O) groups excluding carboxylic acids is 2. The van der Waals surface area contributed by atoms with Gasteiger partial charge in [-0.2, -0.15) is 0 Å². The summed E-state index contributed by atoms with van der Waals surface area (Å²) in [7, 11) is 0. The average molecular weight is 196 g/mol. The highest BCUT2D eigenvalue weighted by molar-refractivity contribution is 6.04. The van der Waals surface area contributed by atoms with Gasteiger partial charge in [0.15, 0.2) is 0 Å². The lowest BCUT2D eigenvalue weighted by molar-refractivity contribution is -0.128. The lowest BCUT2D eigenvalue weighted by atomic mass is 9.99. The molecule has 4 heteroatoms. The van der Waals surface area contributed by atoms with Crippen molar-refractivity contribution in [1.29, 1.82) is 0 Å². The fourth-order valence-corrected chi connectivity index (χ4v) is 1.46. The normalized spacial score (nSPS) is 23.6. The van der Waals surface area contributed by atoms with Crippen molar-refractivity contribution in [3.05, 3.63) is 12.7 Å². The quantitative estimate of drug-likeness (QED) is 0.541. The van der Waals surface area contributed by atoms with E-state index in [0.29, 0.717) is 0 Å².